The van der Waals surface area contributed by atoms with Crippen molar-refractivity contribution in [1.29, 1.82) is 0 Å². The SMILES string of the molecule is CCS(=O)(=O)c1cccnc1S(=O)(=O)NC(=O)Nc1nc(OC)cc(OC)n1.CCc1ccc(COc2ccc(-n3c(=O)cc(C(F)(F)F)n(C)c3=O)cc2)c(OC(C)C(=O)OC)c1.C[S+](C)C.O=C(Nc1nc(OC(F)F)cc(OC(F)F)n1)NS(=O)(=O)c1ccccc1C(=O)O.O=C(O)CNCP(=O)([O-])O. The lowest BCUT2D eigenvalue weighted by molar-refractivity contribution is -0.193. The first-order chi connectivity index (χ1) is 50.2. The Morgan fingerprint density at radius 1 is 0.704 bits per heavy atom. The third-order valence-corrected chi connectivity index (χ3v) is 17.5. The number of aromatic carboxylic acids is 1. The maximum atomic E-state index is 13.1. The van der Waals surface area contributed by atoms with Crippen LogP contribution in [0.3, 0.4) is 0 Å². The molecule has 0 aliphatic heterocycles. The first kappa shape index (κ1) is 91.4. The number of alkyl halides is 7. The number of methoxy groups -OCH3 is 3. The summed E-state index contributed by atoms with van der Waals surface area (Å²) in [5.41, 5.74) is -2.45. The number of rotatable bonds is 27. The van der Waals surface area contributed by atoms with Gasteiger partial charge >= 0.3 is 55.1 Å². The Morgan fingerprint density at radius 3 is 1.69 bits per heavy atom. The quantitative estimate of drug-likeness (QED) is 0.0153. The third-order valence-electron chi connectivity index (χ3n) is 12.3. The predicted octanol–water partition coefficient (Wildman–Crippen LogP) is 4.38. The second-order valence-corrected chi connectivity index (χ2v) is 30.3. The molecule has 2 unspecified atom stereocenters. The monoisotopic (exact) mass is 1640 g/mol. The van der Waals surface area contributed by atoms with Crippen molar-refractivity contribution >= 4 is 90.2 Å². The Hall–Kier alpha value is -10.8. The number of aliphatic carboxylic acids is 1. The van der Waals surface area contributed by atoms with Gasteiger partial charge in [-0.15, -0.1) is 0 Å². The number of amides is 4. The van der Waals surface area contributed by atoms with E-state index in [0.717, 1.165) is 43.4 Å². The summed E-state index contributed by atoms with van der Waals surface area (Å²) in [5.74, 6) is -5.83. The van der Waals surface area contributed by atoms with Gasteiger partial charge in [-0.05, 0) is 84.4 Å². The van der Waals surface area contributed by atoms with Gasteiger partial charge in [0.25, 0.3) is 25.6 Å². The zero-order valence-corrected chi connectivity index (χ0v) is 61.9. The zero-order chi connectivity index (χ0) is 81.8. The van der Waals surface area contributed by atoms with E-state index in [1.807, 2.05) is 30.4 Å². The van der Waals surface area contributed by atoms with Crippen LogP contribution in [0.1, 0.15) is 48.0 Å². The van der Waals surface area contributed by atoms with Gasteiger partial charge < -0.3 is 57.7 Å². The van der Waals surface area contributed by atoms with E-state index in [1.165, 1.54) is 81.5 Å². The van der Waals surface area contributed by atoms with Gasteiger partial charge in [0.05, 0.1) is 82.1 Å². The lowest BCUT2D eigenvalue weighted by atomic mass is 10.1. The number of benzene rings is 3. The number of ether oxygens (including phenoxy) is 7. The number of hydrogen-bond donors (Lipinski definition) is 8. The number of sulfone groups is 1. The van der Waals surface area contributed by atoms with Gasteiger partial charge in [-0.2, -0.15) is 59.1 Å². The fourth-order valence-corrected chi connectivity index (χ4v) is 11.7. The van der Waals surface area contributed by atoms with E-state index in [-0.39, 0.29) is 35.8 Å². The summed E-state index contributed by atoms with van der Waals surface area (Å²) >= 11 is 0. The van der Waals surface area contributed by atoms with Crippen LogP contribution in [-0.4, -0.2) is 182 Å². The van der Waals surface area contributed by atoms with Crippen molar-refractivity contribution in [2.24, 2.45) is 7.05 Å². The minimum Gasteiger partial charge on any atom is -0.778 e. The first-order valence-corrected chi connectivity index (χ1v) is 38.4. The normalized spacial score (nSPS) is 12.0. The van der Waals surface area contributed by atoms with Crippen molar-refractivity contribution in [1.82, 2.24) is 48.8 Å². The first-order valence-electron chi connectivity index (χ1n) is 29.6. The molecule has 0 bridgehead atoms. The Balaban J connectivity index is 0.000000387. The molecule has 0 fully saturated rings. The summed E-state index contributed by atoms with van der Waals surface area (Å²) in [5, 5.41) is 22.0. The number of carboxylic acid groups (broad SMARTS) is 2. The van der Waals surface area contributed by atoms with Gasteiger partial charge in [0.1, 0.15) is 41.2 Å². The number of carbonyl (C=O) groups excluding carboxylic acids is 3. The molecule has 0 radical (unpaired) electrons. The minimum absolute atomic E-state index is 0.0612. The van der Waals surface area contributed by atoms with Crippen LogP contribution in [0.4, 0.5) is 52.2 Å². The lowest BCUT2D eigenvalue weighted by Gasteiger charge is -2.17. The molecule has 49 heteroatoms. The largest absolute Gasteiger partial charge is 0.778 e. The molecule has 0 spiro atoms. The van der Waals surface area contributed by atoms with Gasteiger partial charge in [-0.25, -0.2) is 59.8 Å². The van der Waals surface area contributed by atoms with Crippen molar-refractivity contribution < 1.29 is 138 Å². The van der Waals surface area contributed by atoms with Crippen LogP contribution in [0, 0.1) is 0 Å². The highest BCUT2D eigenvalue weighted by Crippen LogP contribution is 2.30. The molecule has 0 saturated heterocycles. The molecule has 0 aliphatic carbocycles. The average molecular weight is 1640 g/mol. The number of halogens is 7. The molecule has 7 aromatic rings. The third kappa shape index (κ3) is 30.2. The topological polar surface area (TPSA) is 522 Å². The summed E-state index contributed by atoms with van der Waals surface area (Å²) in [6.45, 7) is -2.31. The second-order valence-electron chi connectivity index (χ2n) is 20.8. The van der Waals surface area contributed by atoms with Crippen LogP contribution < -0.4 is 70.0 Å². The number of aromatic nitrogens is 7. The summed E-state index contributed by atoms with van der Waals surface area (Å²) in [6, 6.07) is 17.4. The van der Waals surface area contributed by atoms with Gasteiger partial charge in [0.2, 0.25) is 35.4 Å². The number of nitrogens with zero attached hydrogens (tertiary/aromatic N) is 7. The van der Waals surface area contributed by atoms with Crippen molar-refractivity contribution in [2.45, 2.75) is 74.1 Å². The maximum Gasteiger partial charge on any atom is 0.431 e. The van der Waals surface area contributed by atoms with Crippen molar-refractivity contribution in [3.05, 3.63) is 146 Å². The van der Waals surface area contributed by atoms with Gasteiger partial charge in [0, 0.05) is 24.9 Å². The summed E-state index contributed by atoms with van der Waals surface area (Å²) in [7, 11) is -12.1. The molecule has 3 aromatic carbocycles. The number of hydrogen-bond acceptors (Lipinski definition) is 28. The van der Waals surface area contributed by atoms with Crippen LogP contribution in [-0.2, 0) is 85.9 Å². The Bertz CT molecular complexity index is 4760. The van der Waals surface area contributed by atoms with Gasteiger partial charge in [-0.3, -0.25) is 30.1 Å². The second kappa shape index (κ2) is 41.4. The van der Waals surface area contributed by atoms with E-state index < -0.39 is 161 Å². The van der Waals surface area contributed by atoms with E-state index in [9.17, 15) is 99.0 Å². The summed E-state index contributed by atoms with van der Waals surface area (Å²) in [4.78, 5) is 116. The standard InChI is InChI=1S/C25H25F3N2O6.C14H10F4N4O7S.C14H17N5O7S2.C3H8NO5P.C3H9S/c1-5-16-6-7-17(20(12-16)36-15(2)23(32)34-4)14-35-19-10-8-18(9-11-19)30-22(31)13-21(25(26,27)28)29(3)24(30)33;15-11(16)28-8-5-9(29-12(17)18)20-13(19-8)21-14(25)22-30(26,27)7-4-2-1-3-6(7)10(23)24;1-4-27(21,22)9-6-5-7-15-12(9)28(23,24)19-14(20)18-13-16-10(25-2)8-11(17-13)26-3;5-3(6)1-4-2-10(7,8)9;1-4(2)3/h6-13,15H,5,14H2,1-4H3;1-5,11-12H,(H,23,24)(H2,19,20,21,22,25);5-8H,4H2,1-3H3,(H2,16,17,18,19,20);4H,1-2H2,(H,5,6)(H2,7,8,9);1-3H3/q;;;;+1/p-1. The minimum atomic E-state index is -4.84. The fourth-order valence-electron chi connectivity index (χ4n) is 7.63. The van der Waals surface area contributed by atoms with Crippen molar-refractivity contribution in [3.8, 4) is 40.7 Å². The van der Waals surface area contributed by atoms with Crippen molar-refractivity contribution in [2.75, 3.05) is 69.3 Å². The summed E-state index contributed by atoms with van der Waals surface area (Å²) < 4.78 is 210. The van der Waals surface area contributed by atoms with Crippen molar-refractivity contribution in [3.63, 3.8) is 0 Å². The number of esters is 1. The highest BCUT2D eigenvalue weighted by Gasteiger charge is 2.35. The highest BCUT2D eigenvalue weighted by atomic mass is 32.2. The van der Waals surface area contributed by atoms with E-state index in [0.29, 0.717) is 49.2 Å². The molecule has 7 rings (SSSR count). The van der Waals surface area contributed by atoms with Crippen LogP contribution >= 0.6 is 7.60 Å². The van der Waals surface area contributed by atoms with E-state index in [1.54, 1.807) is 17.0 Å². The molecule has 4 heterocycles. The number of carboxylic acids is 2. The summed E-state index contributed by atoms with van der Waals surface area (Å²) in [6.07, 6.45) is 2.06. The lowest BCUT2D eigenvalue weighted by Crippen LogP contribution is -2.40. The number of urea groups is 2. The molecule has 8 N–H and O–H groups in total. The predicted molar refractivity (Wildman–Crippen MR) is 364 cm³/mol. The molecular weight excluding hydrogens is 1570 g/mol. The molecule has 2 atom stereocenters. The molecule has 0 aliphatic rings. The molecule has 592 valence electrons. The number of pyridine rings is 1. The Labute approximate surface area is 611 Å². The van der Waals surface area contributed by atoms with E-state index in [4.69, 9.17) is 38.8 Å². The Kier molecular flexibility index (Phi) is 35.0. The van der Waals surface area contributed by atoms with Gasteiger partial charge in [0.15, 0.2) is 21.0 Å². The number of carbonyl (C=O) groups is 5. The molecule has 4 amide bonds. The van der Waals surface area contributed by atoms with Crippen LogP contribution in [0.2, 0.25) is 0 Å². The molecule has 108 heavy (non-hydrogen) atoms. The maximum absolute atomic E-state index is 13.1. The number of aryl methyl sites for hydroxylation is 1. The Morgan fingerprint density at radius 2 is 1.21 bits per heavy atom. The molecule has 4 aromatic heterocycles. The van der Waals surface area contributed by atoms with E-state index >= 15 is 0 Å². The molecular formula is C59H68F7N12O25PS4. The number of anilines is 2. The van der Waals surface area contributed by atoms with Crippen LogP contribution in [0.15, 0.2) is 128 Å². The molecule has 37 nitrogen and oxygen atoms in total. The van der Waals surface area contributed by atoms with Crippen LogP contribution in [0.25, 0.3) is 5.69 Å². The fraction of sp³-hybridized carbons (Fsp3) is 0.322. The average Bonchev–Trinajstić information content (AvgIpc) is 0.764. The van der Waals surface area contributed by atoms with Crippen LogP contribution in [0.5, 0.6) is 35.0 Å². The van der Waals surface area contributed by atoms with E-state index in [2.05, 4.69) is 58.5 Å². The smallest absolute Gasteiger partial charge is 0.431 e. The van der Waals surface area contributed by atoms with Gasteiger partial charge in [-0.1, -0.05) is 38.1 Å². The highest BCUT2D eigenvalue weighted by molar-refractivity contribution is 7.94. The zero-order valence-electron chi connectivity index (χ0n) is 57.8. The molecule has 0 saturated carbocycles. The number of sulfonamides is 2. The number of nitrogens with one attached hydrogen (secondary N) is 5.